The van der Waals surface area contributed by atoms with Gasteiger partial charge in [0.15, 0.2) is 0 Å². The standard InChI is InChI=1S/C6H4FN3OS/c1-3-4(7)5(11)10-6(9-3)12-2-8-10/h2H,1H3. The lowest BCUT2D eigenvalue weighted by atomic mass is 10.4. The summed E-state index contributed by atoms with van der Waals surface area (Å²) in [7, 11) is 0. The summed E-state index contributed by atoms with van der Waals surface area (Å²) < 4.78 is 13.9. The van der Waals surface area contributed by atoms with Crippen molar-refractivity contribution in [2.45, 2.75) is 6.92 Å². The zero-order valence-corrected chi connectivity index (χ0v) is 6.93. The van der Waals surface area contributed by atoms with E-state index in [9.17, 15) is 9.18 Å². The van der Waals surface area contributed by atoms with Crippen molar-refractivity contribution in [1.29, 1.82) is 0 Å². The summed E-state index contributed by atoms with van der Waals surface area (Å²) in [6, 6.07) is 0. The molecule has 0 N–H and O–H groups in total. The topological polar surface area (TPSA) is 47.3 Å². The third kappa shape index (κ3) is 0.845. The predicted molar refractivity (Wildman–Crippen MR) is 41.8 cm³/mol. The monoisotopic (exact) mass is 185 g/mol. The first kappa shape index (κ1) is 7.35. The van der Waals surface area contributed by atoms with Crippen molar-refractivity contribution >= 4 is 16.3 Å². The molecule has 0 atom stereocenters. The van der Waals surface area contributed by atoms with Gasteiger partial charge in [-0.2, -0.15) is 14.0 Å². The first-order valence-electron chi connectivity index (χ1n) is 3.19. The quantitative estimate of drug-likeness (QED) is 0.603. The molecule has 0 aliphatic heterocycles. The van der Waals surface area contributed by atoms with E-state index in [2.05, 4.69) is 10.1 Å². The minimum atomic E-state index is -0.835. The van der Waals surface area contributed by atoms with E-state index < -0.39 is 11.4 Å². The molecule has 0 aliphatic carbocycles. The van der Waals surface area contributed by atoms with Crippen LogP contribution in [-0.2, 0) is 0 Å². The summed E-state index contributed by atoms with van der Waals surface area (Å²) in [4.78, 5) is 15.4. The third-order valence-corrected chi connectivity index (χ3v) is 2.14. The molecule has 62 valence electrons. The Labute approximate surface area is 70.3 Å². The molecular weight excluding hydrogens is 181 g/mol. The summed E-state index contributed by atoms with van der Waals surface area (Å²) in [6.07, 6.45) is 0. The summed E-state index contributed by atoms with van der Waals surface area (Å²) in [5, 5.41) is 3.64. The molecule has 0 radical (unpaired) electrons. The lowest BCUT2D eigenvalue weighted by Gasteiger charge is -1.93. The van der Waals surface area contributed by atoms with Gasteiger partial charge in [-0.05, 0) is 6.92 Å². The number of aromatic nitrogens is 3. The molecule has 2 rings (SSSR count). The van der Waals surface area contributed by atoms with Gasteiger partial charge in [-0.25, -0.2) is 4.98 Å². The average Bonchev–Trinajstić information content (AvgIpc) is 2.48. The third-order valence-electron chi connectivity index (χ3n) is 1.46. The second-order valence-electron chi connectivity index (χ2n) is 2.25. The van der Waals surface area contributed by atoms with Crippen molar-refractivity contribution in [2.75, 3.05) is 0 Å². The van der Waals surface area contributed by atoms with Gasteiger partial charge < -0.3 is 0 Å². The molecule has 12 heavy (non-hydrogen) atoms. The Morgan fingerprint density at radius 3 is 3.17 bits per heavy atom. The Morgan fingerprint density at radius 2 is 2.42 bits per heavy atom. The number of aryl methyl sites for hydroxylation is 1. The van der Waals surface area contributed by atoms with Crippen molar-refractivity contribution in [3.05, 3.63) is 27.4 Å². The molecular formula is C6H4FN3OS. The molecule has 0 aromatic carbocycles. The molecule has 4 nitrogen and oxygen atoms in total. The Hall–Kier alpha value is -1.30. The van der Waals surface area contributed by atoms with Crippen LogP contribution in [0, 0.1) is 12.7 Å². The lowest BCUT2D eigenvalue weighted by molar-refractivity contribution is 0.579. The predicted octanol–water partition coefficient (Wildman–Crippen LogP) is 0.599. The first-order valence-corrected chi connectivity index (χ1v) is 4.07. The zero-order valence-electron chi connectivity index (χ0n) is 6.11. The van der Waals surface area contributed by atoms with Crippen molar-refractivity contribution < 1.29 is 4.39 Å². The van der Waals surface area contributed by atoms with Crippen LogP contribution >= 0.6 is 11.3 Å². The Kier molecular flexibility index (Phi) is 1.44. The number of hydrogen-bond acceptors (Lipinski definition) is 4. The second-order valence-corrected chi connectivity index (χ2v) is 3.06. The Morgan fingerprint density at radius 1 is 1.67 bits per heavy atom. The van der Waals surface area contributed by atoms with Gasteiger partial charge in [0, 0.05) is 0 Å². The van der Waals surface area contributed by atoms with Gasteiger partial charge in [-0.3, -0.25) is 4.79 Å². The Balaban J connectivity index is 3.05. The van der Waals surface area contributed by atoms with Crippen molar-refractivity contribution in [3.8, 4) is 0 Å². The van der Waals surface area contributed by atoms with Gasteiger partial charge in [0.25, 0.3) is 0 Å². The van der Waals surface area contributed by atoms with Crippen LogP contribution in [0.3, 0.4) is 0 Å². The van der Waals surface area contributed by atoms with E-state index >= 15 is 0 Å². The SMILES string of the molecule is Cc1nc2scnn2c(=O)c1F. The fraction of sp³-hybridized carbons (Fsp3) is 0.167. The largest absolute Gasteiger partial charge is 0.311 e. The van der Waals surface area contributed by atoms with Crippen molar-refractivity contribution in [1.82, 2.24) is 14.6 Å². The van der Waals surface area contributed by atoms with Gasteiger partial charge in [-0.1, -0.05) is 11.3 Å². The van der Waals surface area contributed by atoms with Crippen molar-refractivity contribution in [3.63, 3.8) is 0 Å². The van der Waals surface area contributed by atoms with E-state index in [4.69, 9.17) is 0 Å². The second kappa shape index (κ2) is 2.34. The molecule has 6 heteroatoms. The lowest BCUT2D eigenvalue weighted by Crippen LogP contribution is -2.19. The smallest absolute Gasteiger partial charge is 0.264 e. The van der Waals surface area contributed by atoms with Crippen LogP contribution in [0.4, 0.5) is 4.39 Å². The van der Waals surface area contributed by atoms with Crippen molar-refractivity contribution in [2.24, 2.45) is 0 Å². The zero-order chi connectivity index (χ0) is 8.72. The molecule has 2 aromatic rings. The molecule has 0 saturated heterocycles. The number of hydrogen-bond donors (Lipinski definition) is 0. The molecule has 0 spiro atoms. The van der Waals surface area contributed by atoms with E-state index in [1.165, 1.54) is 23.8 Å². The molecule has 0 aliphatic rings. The number of halogens is 1. The molecule has 0 bridgehead atoms. The van der Waals surface area contributed by atoms with Crippen LogP contribution in [0.5, 0.6) is 0 Å². The van der Waals surface area contributed by atoms with Crippen LogP contribution in [0.2, 0.25) is 0 Å². The van der Waals surface area contributed by atoms with Gasteiger partial charge in [0.05, 0.1) is 5.69 Å². The molecule has 0 fully saturated rings. The van der Waals surface area contributed by atoms with E-state index in [1.807, 2.05) is 0 Å². The molecule has 2 heterocycles. The van der Waals surface area contributed by atoms with Gasteiger partial charge >= 0.3 is 5.56 Å². The van der Waals surface area contributed by atoms with Crippen LogP contribution in [0.1, 0.15) is 5.69 Å². The van der Waals surface area contributed by atoms with Crippen LogP contribution in [0.25, 0.3) is 4.96 Å². The van der Waals surface area contributed by atoms with Crippen LogP contribution in [0.15, 0.2) is 10.3 Å². The van der Waals surface area contributed by atoms with E-state index in [0.29, 0.717) is 4.96 Å². The average molecular weight is 185 g/mol. The number of fused-ring (bicyclic) bond motifs is 1. The van der Waals surface area contributed by atoms with E-state index in [1.54, 1.807) is 0 Å². The summed E-state index contributed by atoms with van der Waals surface area (Å²) in [5.74, 6) is -0.835. The first-order chi connectivity index (χ1) is 5.70. The maximum Gasteiger partial charge on any atom is 0.311 e. The molecule has 2 aromatic heterocycles. The number of nitrogens with zero attached hydrogens (tertiary/aromatic N) is 3. The van der Waals surface area contributed by atoms with Gasteiger partial charge in [0.2, 0.25) is 10.8 Å². The normalized spacial score (nSPS) is 10.8. The van der Waals surface area contributed by atoms with E-state index in [0.717, 1.165) is 4.52 Å². The minimum absolute atomic E-state index is 0.115. The van der Waals surface area contributed by atoms with Crippen LogP contribution < -0.4 is 5.56 Å². The highest BCUT2D eigenvalue weighted by molar-refractivity contribution is 7.14. The van der Waals surface area contributed by atoms with Gasteiger partial charge in [-0.15, -0.1) is 0 Å². The summed E-state index contributed by atoms with van der Waals surface area (Å²) in [6.45, 7) is 1.45. The minimum Gasteiger partial charge on any atom is -0.264 e. The molecule has 0 amide bonds. The fourth-order valence-electron chi connectivity index (χ4n) is 0.870. The van der Waals surface area contributed by atoms with E-state index in [-0.39, 0.29) is 5.69 Å². The molecule has 0 unspecified atom stereocenters. The molecule has 0 saturated carbocycles. The highest BCUT2D eigenvalue weighted by atomic mass is 32.1. The summed E-state index contributed by atoms with van der Waals surface area (Å²) >= 11 is 1.20. The maximum absolute atomic E-state index is 12.9. The summed E-state index contributed by atoms with van der Waals surface area (Å²) in [5.41, 5.74) is 0.825. The van der Waals surface area contributed by atoms with Gasteiger partial charge in [0.1, 0.15) is 5.51 Å². The fourth-order valence-corrected chi connectivity index (χ4v) is 1.53. The highest BCUT2D eigenvalue weighted by Crippen LogP contribution is 2.05. The van der Waals surface area contributed by atoms with Crippen LogP contribution in [-0.4, -0.2) is 14.6 Å². The maximum atomic E-state index is 12.9. The number of rotatable bonds is 0. The highest BCUT2D eigenvalue weighted by Gasteiger charge is 2.09. The Bertz CT molecular complexity index is 489.